The zero-order chi connectivity index (χ0) is 19.0. The third-order valence-electron chi connectivity index (χ3n) is 5.64. The summed E-state index contributed by atoms with van der Waals surface area (Å²) in [5, 5.41) is 34.9. The molecule has 0 radical (unpaired) electrons. The van der Waals surface area contributed by atoms with E-state index in [1.807, 2.05) is 6.07 Å². The number of hydrogen-bond acceptors (Lipinski definition) is 7. The van der Waals surface area contributed by atoms with Crippen molar-refractivity contribution in [3.05, 3.63) is 87.4 Å². The zero-order valence-electron chi connectivity index (χ0n) is 14.1. The molecular weight excluding hydrogens is 350 g/mol. The monoisotopic (exact) mass is 365 g/mol. The normalized spacial score (nSPS) is 28.4. The second-order valence-electron chi connectivity index (χ2n) is 6.83. The standard InChI is InChI=1S/C19H15N3O5/c23-16-13-8-4-5-9-14(13)18(24)15(22(26)27)17-20(12-6-2-1-3-7-12)10-11-21(17)19(16,18)25/h1-9,24-25H,10-11H2. The van der Waals surface area contributed by atoms with Crippen LogP contribution in [0.5, 0.6) is 0 Å². The second-order valence-corrected chi connectivity index (χ2v) is 6.83. The number of nitro groups is 1. The van der Waals surface area contributed by atoms with E-state index in [2.05, 4.69) is 0 Å². The molecule has 2 atom stereocenters. The summed E-state index contributed by atoms with van der Waals surface area (Å²) in [6, 6.07) is 15.1. The fourth-order valence-electron chi connectivity index (χ4n) is 4.51. The summed E-state index contributed by atoms with van der Waals surface area (Å²) in [4.78, 5) is 27.3. The smallest absolute Gasteiger partial charge is 0.328 e. The van der Waals surface area contributed by atoms with Gasteiger partial charge in [-0.1, -0.05) is 42.5 Å². The lowest BCUT2D eigenvalue weighted by molar-refractivity contribution is -0.449. The Morgan fingerprint density at radius 1 is 1.00 bits per heavy atom. The second kappa shape index (κ2) is 4.93. The molecule has 2 unspecified atom stereocenters. The molecule has 5 rings (SSSR count). The highest BCUT2D eigenvalue weighted by Crippen LogP contribution is 2.58. The van der Waals surface area contributed by atoms with E-state index in [4.69, 9.17) is 0 Å². The average Bonchev–Trinajstić information content (AvgIpc) is 3.23. The Bertz CT molecular complexity index is 1040. The predicted molar refractivity (Wildman–Crippen MR) is 94.1 cm³/mol. The highest BCUT2D eigenvalue weighted by atomic mass is 16.6. The third kappa shape index (κ3) is 1.62. The minimum atomic E-state index is -2.44. The summed E-state index contributed by atoms with van der Waals surface area (Å²) in [6.07, 6.45) is 0. The average molecular weight is 365 g/mol. The van der Waals surface area contributed by atoms with E-state index >= 15 is 0 Å². The first-order valence-electron chi connectivity index (χ1n) is 8.51. The first-order chi connectivity index (χ1) is 12.9. The molecule has 2 aromatic rings. The summed E-state index contributed by atoms with van der Waals surface area (Å²) in [5.74, 6) is -0.677. The Balaban J connectivity index is 1.82. The highest BCUT2D eigenvalue weighted by molar-refractivity contribution is 6.09. The number of hydrogen-bond donors (Lipinski definition) is 2. The quantitative estimate of drug-likeness (QED) is 0.605. The van der Waals surface area contributed by atoms with E-state index in [0.717, 1.165) is 0 Å². The largest absolute Gasteiger partial charge is 0.370 e. The van der Waals surface area contributed by atoms with Crippen molar-refractivity contribution in [2.75, 3.05) is 18.0 Å². The van der Waals surface area contributed by atoms with Gasteiger partial charge in [0.15, 0.2) is 5.82 Å². The van der Waals surface area contributed by atoms with Crippen LogP contribution in [0.3, 0.4) is 0 Å². The van der Waals surface area contributed by atoms with Crippen molar-refractivity contribution in [1.29, 1.82) is 0 Å². The van der Waals surface area contributed by atoms with Crippen molar-refractivity contribution >= 4 is 11.5 Å². The van der Waals surface area contributed by atoms with E-state index in [-0.39, 0.29) is 23.5 Å². The lowest BCUT2D eigenvalue weighted by atomic mass is 9.88. The van der Waals surface area contributed by atoms with Crippen LogP contribution in [0.25, 0.3) is 0 Å². The number of carbonyl (C=O) groups is 1. The minimum Gasteiger partial charge on any atom is -0.370 e. The molecule has 136 valence electrons. The molecule has 3 aliphatic rings. The molecule has 2 N–H and O–H groups in total. The van der Waals surface area contributed by atoms with Crippen LogP contribution in [0.15, 0.2) is 66.1 Å². The Morgan fingerprint density at radius 2 is 1.67 bits per heavy atom. The molecule has 0 spiro atoms. The molecule has 8 heteroatoms. The molecule has 0 bridgehead atoms. The van der Waals surface area contributed by atoms with Crippen LogP contribution < -0.4 is 4.90 Å². The molecule has 1 fully saturated rings. The molecule has 8 nitrogen and oxygen atoms in total. The number of rotatable bonds is 2. The molecule has 0 saturated carbocycles. The van der Waals surface area contributed by atoms with Gasteiger partial charge >= 0.3 is 5.70 Å². The molecule has 1 saturated heterocycles. The number of para-hydroxylation sites is 1. The number of fused-ring (bicyclic) bond motifs is 5. The number of benzene rings is 2. The first-order valence-corrected chi connectivity index (χ1v) is 8.51. The maximum atomic E-state index is 13.0. The molecule has 2 aliphatic heterocycles. The molecular formula is C19H15N3O5. The maximum absolute atomic E-state index is 13.0. The number of ketones is 1. The fraction of sp³-hybridized carbons (Fsp3) is 0.211. The van der Waals surface area contributed by atoms with E-state index in [0.29, 0.717) is 12.2 Å². The minimum absolute atomic E-state index is 0.0547. The summed E-state index contributed by atoms with van der Waals surface area (Å²) in [5.41, 5.74) is -4.62. The topological polar surface area (TPSA) is 107 Å². The van der Waals surface area contributed by atoms with E-state index < -0.39 is 27.7 Å². The van der Waals surface area contributed by atoms with Crippen molar-refractivity contribution in [1.82, 2.24) is 4.90 Å². The van der Waals surface area contributed by atoms with Crippen LogP contribution in [0.1, 0.15) is 15.9 Å². The van der Waals surface area contributed by atoms with Crippen molar-refractivity contribution in [3.8, 4) is 0 Å². The van der Waals surface area contributed by atoms with Gasteiger partial charge < -0.3 is 20.0 Å². The van der Waals surface area contributed by atoms with Gasteiger partial charge in [-0.05, 0) is 12.1 Å². The van der Waals surface area contributed by atoms with Gasteiger partial charge in [0.05, 0.1) is 4.92 Å². The van der Waals surface area contributed by atoms with Crippen molar-refractivity contribution in [2.45, 2.75) is 11.3 Å². The summed E-state index contributed by atoms with van der Waals surface area (Å²) in [6.45, 7) is 0.513. The Hall–Kier alpha value is -3.23. The predicted octanol–water partition coefficient (Wildman–Crippen LogP) is 1.04. The van der Waals surface area contributed by atoms with Crippen molar-refractivity contribution < 1.29 is 19.9 Å². The summed E-state index contributed by atoms with van der Waals surface area (Å²) >= 11 is 0. The molecule has 0 amide bonds. The van der Waals surface area contributed by atoms with E-state index in [1.54, 1.807) is 41.3 Å². The van der Waals surface area contributed by atoms with Gasteiger partial charge in [-0.15, -0.1) is 0 Å². The van der Waals surface area contributed by atoms with E-state index in [9.17, 15) is 25.1 Å². The number of Topliss-reactive ketones (excluding diaryl/α,β-unsaturated/α-hetero) is 1. The molecule has 2 heterocycles. The number of anilines is 1. The van der Waals surface area contributed by atoms with Crippen LogP contribution in [0, 0.1) is 10.1 Å². The summed E-state index contributed by atoms with van der Waals surface area (Å²) in [7, 11) is 0. The third-order valence-corrected chi connectivity index (χ3v) is 5.64. The lowest BCUT2D eigenvalue weighted by Gasteiger charge is -2.34. The molecule has 0 aromatic heterocycles. The van der Waals surface area contributed by atoms with E-state index in [1.165, 1.54) is 17.0 Å². The highest BCUT2D eigenvalue weighted by Gasteiger charge is 2.78. The maximum Gasteiger partial charge on any atom is 0.328 e. The van der Waals surface area contributed by atoms with Gasteiger partial charge in [-0.3, -0.25) is 14.9 Å². The first kappa shape index (κ1) is 16.0. The van der Waals surface area contributed by atoms with Crippen LogP contribution in [0.2, 0.25) is 0 Å². The Morgan fingerprint density at radius 3 is 2.37 bits per heavy atom. The van der Waals surface area contributed by atoms with Crippen molar-refractivity contribution in [2.24, 2.45) is 0 Å². The number of aliphatic hydroxyl groups is 2. The zero-order valence-corrected chi connectivity index (χ0v) is 14.1. The molecule has 2 aromatic carbocycles. The van der Waals surface area contributed by atoms with Crippen LogP contribution >= 0.6 is 0 Å². The van der Waals surface area contributed by atoms with Gasteiger partial charge in [0.25, 0.3) is 0 Å². The van der Waals surface area contributed by atoms with Gasteiger partial charge in [-0.2, -0.15) is 0 Å². The van der Waals surface area contributed by atoms with Crippen LogP contribution in [-0.2, 0) is 5.60 Å². The van der Waals surface area contributed by atoms with Gasteiger partial charge in [0.1, 0.15) is 0 Å². The fourth-order valence-corrected chi connectivity index (χ4v) is 4.51. The van der Waals surface area contributed by atoms with Gasteiger partial charge in [0.2, 0.25) is 17.1 Å². The van der Waals surface area contributed by atoms with Crippen LogP contribution in [0.4, 0.5) is 5.69 Å². The molecule has 27 heavy (non-hydrogen) atoms. The summed E-state index contributed by atoms with van der Waals surface area (Å²) < 4.78 is 0. The number of carbonyl (C=O) groups excluding carboxylic acids is 1. The van der Waals surface area contributed by atoms with Gasteiger partial charge in [0, 0.05) is 29.9 Å². The Kier molecular flexibility index (Phi) is 2.92. The van der Waals surface area contributed by atoms with Crippen molar-refractivity contribution in [3.63, 3.8) is 0 Å². The lowest BCUT2D eigenvalue weighted by Crippen LogP contribution is -2.59. The number of nitrogens with zero attached hydrogens (tertiary/aromatic N) is 3. The van der Waals surface area contributed by atoms with Crippen LogP contribution in [-0.4, -0.2) is 44.6 Å². The Labute approximate surface area is 153 Å². The SMILES string of the molecule is O=C1c2ccccc2C2(O)C([N+](=O)[O-])=C3N(c4ccccc4)CCN3C12O. The van der Waals surface area contributed by atoms with Gasteiger partial charge in [-0.25, -0.2) is 0 Å². The molecule has 1 aliphatic carbocycles.